The second kappa shape index (κ2) is 7.58. The van der Waals surface area contributed by atoms with Crippen molar-refractivity contribution < 1.29 is 4.79 Å². The number of nitriles is 1. The zero-order chi connectivity index (χ0) is 17.7. The van der Waals surface area contributed by atoms with E-state index in [9.17, 15) is 10.1 Å². The van der Waals surface area contributed by atoms with Gasteiger partial charge >= 0.3 is 0 Å². The lowest BCUT2D eigenvalue weighted by Gasteiger charge is -2.19. The Morgan fingerprint density at radius 3 is 2.52 bits per heavy atom. The summed E-state index contributed by atoms with van der Waals surface area (Å²) in [5.41, 5.74) is 1.69. The van der Waals surface area contributed by atoms with E-state index in [2.05, 4.69) is 16.7 Å². The predicted molar refractivity (Wildman–Crippen MR) is 100 cm³/mol. The normalized spacial score (nSPS) is 15.4. The smallest absolute Gasteiger partial charge is 0.244 e. The first-order valence-corrected chi connectivity index (χ1v) is 8.81. The van der Waals surface area contributed by atoms with E-state index < -0.39 is 5.41 Å². The van der Waals surface area contributed by atoms with Crippen molar-refractivity contribution in [2.24, 2.45) is 5.41 Å². The first-order chi connectivity index (χ1) is 12.1. The highest BCUT2D eigenvalue weighted by Crippen LogP contribution is 2.38. The molecule has 4 nitrogen and oxygen atoms in total. The number of carbonyl (C=O) groups excluding carboxylic acids is 1. The van der Waals surface area contributed by atoms with Crippen LogP contribution in [0.1, 0.15) is 31.2 Å². The fourth-order valence-electron chi connectivity index (χ4n) is 3.15. The molecule has 1 aliphatic rings. The van der Waals surface area contributed by atoms with Gasteiger partial charge < -0.3 is 10.6 Å². The Hall–Kier alpha value is -2.51. The lowest BCUT2D eigenvalue weighted by molar-refractivity contribution is -0.122. The molecule has 0 heterocycles. The molecular weight excluding hydrogens is 334 g/mol. The molecule has 0 radical (unpaired) electrons. The molecule has 2 N–H and O–H groups in total. The summed E-state index contributed by atoms with van der Waals surface area (Å²) in [6, 6.07) is 17.6. The molecule has 5 heteroatoms. The number of rotatable bonds is 5. The summed E-state index contributed by atoms with van der Waals surface area (Å²) < 4.78 is 0. The van der Waals surface area contributed by atoms with E-state index in [1.807, 2.05) is 36.4 Å². The van der Waals surface area contributed by atoms with Gasteiger partial charge in [-0.1, -0.05) is 54.8 Å². The van der Waals surface area contributed by atoms with E-state index in [1.165, 1.54) is 0 Å². The standard InChI is InChI=1S/C20H20ClN3O/c21-17-12-16(24-19(25)20(14-22)10-4-5-11-20)8-9-18(17)23-13-15-6-2-1-3-7-15/h1-3,6-9,12,23H,4-5,10-11,13H2,(H,24,25). The van der Waals surface area contributed by atoms with Crippen molar-refractivity contribution in [3.8, 4) is 6.07 Å². The topological polar surface area (TPSA) is 64.9 Å². The van der Waals surface area contributed by atoms with Crippen molar-refractivity contribution in [1.29, 1.82) is 5.26 Å². The monoisotopic (exact) mass is 353 g/mol. The number of hydrogen-bond acceptors (Lipinski definition) is 3. The molecule has 2 aromatic rings. The van der Waals surface area contributed by atoms with E-state index in [0.717, 1.165) is 24.1 Å². The third kappa shape index (κ3) is 3.94. The third-order valence-electron chi connectivity index (χ3n) is 4.66. The van der Waals surface area contributed by atoms with Crippen molar-refractivity contribution in [2.75, 3.05) is 10.6 Å². The van der Waals surface area contributed by atoms with Crippen LogP contribution in [0.25, 0.3) is 0 Å². The lowest BCUT2D eigenvalue weighted by Crippen LogP contribution is -2.32. The van der Waals surface area contributed by atoms with Gasteiger partial charge in [0.1, 0.15) is 5.41 Å². The van der Waals surface area contributed by atoms with Gasteiger partial charge in [0.15, 0.2) is 0 Å². The maximum atomic E-state index is 12.5. The molecule has 128 valence electrons. The Kier molecular flexibility index (Phi) is 5.25. The first-order valence-electron chi connectivity index (χ1n) is 8.43. The molecule has 1 amide bonds. The SMILES string of the molecule is N#CC1(C(=O)Nc2ccc(NCc3ccccc3)c(Cl)c2)CCCC1. The number of halogens is 1. The summed E-state index contributed by atoms with van der Waals surface area (Å²) in [5, 5.41) is 16.1. The van der Waals surface area contributed by atoms with Crippen LogP contribution in [0.3, 0.4) is 0 Å². The van der Waals surface area contributed by atoms with Crippen LogP contribution in [0.15, 0.2) is 48.5 Å². The number of benzene rings is 2. The second-order valence-corrected chi connectivity index (χ2v) is 6.80. The van der Waals surface area contributed by atoms with Crippen LogP contribution in [0.2, 0.25) is 5.02 Å². The van der Waals surface area contributed by atoms with Gasteiger partial charge in [0.2, 0.25) is 5.91 Å². The minimum Gasteiger partial charge on any atom is -0.380 e. The summed E-state index contributed by atoms with van der Waals surface area (Å²) >= 11 is 6.33. The number of anilines is 2. The number of nitrogens with zero attached hydrogens (tertiary/aromatic N) is 1. The molecule has 0 saturated heterocycles. The fourth-order valence-corrected chi connectivity index (χ4v) is 3.40. The molecule has 0 aliphatic heterocycles. The highest BCUT2D eigenvalue weighted by atomic mass is 35.5. The molecule has 0 bridgehead atoms. The maximum absolute atomic E-state index is 12.5. The van der Waals surface area contributed by atoms with Crippen LogP contribution < -0.4 is 10.6 Å². The molecule has 0 spiro atoms. The van der Waals surface area contributed by atoms with Gasteiger partial charge in [-0.05, 0) is 36.6 Å². The van der Waals surface area contributed by atoms with Crippen molar-refractivity contribution >= 4 is 28.9 Å². The highest BCUT2D eigenvalue weighted by molar-refractivity contribution is 6.33. The summed E-state index contributed by atoms with van der Waals surface area (Å²) in [6.45, 7) is 0.670. The average molecular weight is 354 g/mol. The van der Waals surface area contributed by atoms with Crippen LogP contribution in [0, 0.1) is 16.7 Å². The van der Waals surface area contributed by atoms with E-state index in [-0.39, 0.29) is 5.91 Å². The van der Waals surface area contributed by atoms with Crippen LogP contribution in [0.5, 0.6) is 0 Å². The van der Waals surface area contributed by atoms with Gasteiger partial charge in [-0.15, -0.1) is 0 Å². The van der Waals surface area contributed by atoms with E-state index in [0.29, 0.717) is 30.1 Å². The molecule has 25 heavy (non-hydrogen) atoms. The molecular formula is C20H20ClN3O. The van der Waals surface area contributed by atoms with Crippen molar-refractivity contribution in [2.45, 2.75) is 32.2 Å². The van der Waals surface area contributed by atoms with Gasteiger partial charge in [0, 0.05) is 12.2 Å². The molecule has 0 aromatic heterocycles. The molecule has 0 atom stereocenters. The third-order valence-corrected chi connectivity index (χ3v) is 4.97. The molecule has 1 saturated carbocycles. The minimum atomic E-state index is -0.892. The van der Waals surface area contributed by atoms with Gasteiger partial charge in [-0.2, -0.15) is 5.26 Å². The zero-order valence-corrected chi connectivity index (χ0v) is 14.6. The Morgan fingerprint density at radius 1 is 1.16 bits per heavy atom. The molecule has 3 rings (SSSR count). The highest BCUT2D eigenvalue weighted by Gasteiger charge is 2.41. The quantitative estimate of drug-likeness (QED) is 0.797. The fraction of sp³-hybridized carbons (Fsp3) is 0.300. The molecule has 1 fully saturated rings. The summed E-state index contributed by atoms with van der Waals surface area (Å²) in [5.74, 6) is -0.228. The Labute approximate surface area is 152 Å². The van der Waals surface area contributed by atoms with Gasteiger partial charge in [-0.25, -0.2) is 0 Å². The van der Waals surface area contributed by atoms with Crippen LogP contribution in [-0.4, -0.2) is 5.91 Å². The van der Waals surface area contributed by atoms with Gasteiger partial charge in [-0.3, -0.25) is 4.79 Å². The summed E-state index contributed by atoms with van der Waals surface area (Å²) in [6.07, 6.45) is 3.09. The molecule has 2 aromatic carbocycles. The number of hydrogen-bond donors (Lipinski definition) is 2. The van der Waals surface area contributed by atoms with E-state index in [4.69, 9.17) is 11.6 Å². The van der Waals surface area contributed by atoms with Crippen LogP contribution >= 0.6 is 11.6 Å². The zero-order valence-electron chi connectivity index (χ0n) is 13.9. The average Bonchev–Trinajstić information content (AvgIpc) is 3.12. The van der Waals surface area contributed by atoms with Crippen LogP contribution in [0.4, 0.5) is 11.4 Å². The minimum absolute atomic E-state index is 0.228. The Morgan fingerprint density at radius 2 is 1.88 bits per heavy atom. The Balaban J connectivity index is 1.65. The molecule has 0 unspecified atom stereocenters. The van der Waals surface area contributed by atoms with E-state index >= 15 is 0 Å². The number of nitrogens with one attached hydrogen (secondary N) is 2. The van der Waals surface area contributed by atoms with Crippen molar-refractivity contribution in [1.82, 2.24) is 0 Å². The van der Waals surface area contributed by atoms with Crippen LogP contribution in [-0.2, 0) is 11.3 Å². The van der Waals surface area contributed by atoms with Gasteiger partial charge in [0.25, 0.3) is 0 Å². The number of amides is 1. The lowest BCUT2D eigenvalue weighted by atomic mass is 9.87. The Bertz CT molecular complexity index is 792. The maximum Gasteiger partial charge on any atom is 0.244 e. The second-order valence-electron chi connectivity index (χ2n) is 6.39. The largest absolute Gasteiger partial charge is 0.380 e. The van der Waals surface area contributed by atoms with Crippen molar-refractivity contribution in [3.63, 3.8) is 0 Å². The summed E-state index contributed by atoms with van der Waals surface area (Å²) in [4.78, 5) is 12.5. The predicted octanol–water partition coefficient (Wildman–Crippen LogP) is 4.97. The van der Waals surface area contributed by atoms with E-state index in [1.54, 1.807) is 12.1 Å². The molecule has 1 aliphatic carbocycles. The first kappa shape index (κ1) is 17.3. The van der Waals surface area contributed by atoms with Gasteiger partial charge in [0.05, 0.1) is 16.8 Å². The number of carbonyl (C=O) groups is 1. The summed E-state index contributed by atoms with van der Waals surface area (Å²) in [7, 11) is 0. The van der Waals surface area contributed by atoms with Crippen molar-refractivity contribution in [3.05, 3.63) is 59.1 Å².